The van der Waals surface area contributed by atoms with Gasteiger partial charge >= 0.3 is 0 Å². The fourth-order valence-corrected chi connectivity index (χ4v) is 4.14. The molecule has 1 heterocycles. The molecule has 7 heteroatoms. The van der Waals surface area contributed by atoms with Crippen LogP contribution in [-0.2, 0) is 21.2 Å². The summed E-state index contributed by atoms with van der Waals surface area (Å²) in [7, 11) is -2.89. The van der Waals surface area contributed by atoms with Gasteiger partial charge in [0.2, 0.25) is 0 Å². The smallest absolute Gasteiger partial charge is 0.151 e. The SMILES string of the molecule is O=S1(=O)CC[C@@H](NC[C@H](O)COCc2ccccc2Cl)C1. The molecule has 0 aromatic heterocycles. The van der Waals surface area contributed by atoms with Crippen molar-refractivity contribution in [3.8, 4) is 0 Å². The molecule has 1 saturated heterocycles. The summed E-state index contributed by atoms with van der Waals surface area (Å²) in [5, 5.41) is 13.5. The number of hydrogen-bond donors (Lipinski definition) is 2. The van der Waals surface area contributed by atoms with E-state index in [0.717, 1.165) is 5.56 Å². The Morgan fingerprint density at radius 3 is 2.86 bits per heavy atom. The van der Waals surface area contributed by atoms with Gasteiger partial charge in [-0.3, -0.25) is 0 Å². The molecule has 2 N–H and O–H groups in total. The van der Waals surface area contributed by atoms with Crippen LogP contribution < -0.4 is 5.32 Å². The standard InChI is InChI=1S/C14H20ClNO4S/c15-14-4-2-1-3-11(14)8-20-9-13(17)7-16-12-5-6-21(18,19)10-12/h1-4,12-13,16-17H,5-10H2/t12-,13+/m1/s1. The lowest BCUT2D eigenvalue weighted by atomic mass is 10.2. The predicted octanol–water partition coefficient (Wildman–Crippen LogP) is 0.994. The first-order chi connectivity index (χ1) is 9.96. The number of halogens is 1. The van der Waals surface area contributed by atoms with Gasteiger partial charge in [0, 0.05) is 17.6 Å². The molecule has 1 aliphatic heterocycles. The molecule has 0 unspecified atom stereocenters. The van der Waals surface area contributed by atoms with E-state index in [1.165, 1.54) is 0 Å². The summed E-state index contributed by atoms with van der Waals surface area (Å²) in [6.45, 7) is 0.842. The zero-order chi connectivity index (χ0) is 15.3. The monoisotopic (exact) mass is 333 g/mol. The highest BCUT2D eigenvalue weighted by atomic mass is 35.5. The summed E-state index contributed by atoms with van der Waals surface area (Å²) in [4.78, 5) is 0. The molecular formula is C14H20ClNO4S. The first kappa shape index (κ1) is 16.7. The molecule has 1 fully saturated rings. The summed E-state index contributed by atoms with van der Waals surface area (Å²) in [5.74, 6) is 0.379. The zero-order valence-corrected chi connectivity index (χ0v) is 13.2. The van der Waals surface area contributed by atoms with Crippen LogP contribution in [0.15, 0.2) is 24.3 Å². The van der Waals surface area contributed by atoms with Crippen molar-refractivity contribution in [3.63, 3.8) is 0 Å². The zero-order valence-electron chi connectivity index (χ0n) is 11.7. The first-order valence-electron chi connectivity index (χ1n) is 6.89. The van der Waals surface area contributed by atoms with Crippen molar-refractivity contribution in [1.82, 2.24) is 5.32 Å². The Morgan fingerprint density at radius 2 is 2.19 bits per heavy atom. The van der Waals surface area contributed by atoms with Crippen molar-refractivity contribution in [2.75, 3.05) is 24.7 Å². The van der Waals surface area contributed by atoms with Crippen molar-refractivity contribution >= 4 is 21.4 Å². The van der Waals surface area contributed by atoms with Crippen LogP contribution in [0.4, 0.5) is 0 Å². The maximum absolute atomic E-state index is 11.3. The minimum Gasteiger partial charge on any atom is -0.389 e. The van der Waals surface area contributed by atoms with Crippen molar-refractivity contribution in [3.05, 3.63) is 34.9 Å². The number of aliphatic hydroxyl groups excluding tert-OH is 1. The summed E-state index contributed by atoms with van der Waals surface area (Å²) < 4.78 is 28.0. The molecular weight excluding hydrogens is 314 g/mol. The van der Waals surface area contributed by atoms with Crippen LogP contribution in [0.2, 0.25) is 5.02 Å². The quantitative estimate of drug-likeness (QED) is 0.778. The van der Waals surface area contributed by atoms with Gasteiger partial charge in [0.15, 0.2) is 9.84 Å². The Bertz CT molecular complexity index is 564. The third kappa shape index (κ3) is 5.56. The van der Waals surface area contributed by atoms with E-state index in [4.69, 9.17) is 16.3 Å². The van der Waals surface area contributed by atoms with E-state index in [9.17, 15) is 13.5 Å². The van der Waals surface area contributed by atoms with Crippen LogP contribution in [0.5, 0.6) is 0 Å². The normalized spacial score (nSPS) is 22.3. The predicted molar refractivity (Wildman–Crippen MR) is 82.2 cm³/mol. The Labute approximate surface area is 130 Å². The fourth-order valence-electron chi connectivity index (χ4n) is 2.24. The van der Waals surface area contributed by atoms with Gasteiger partial charge < -0.3 is 15.2 Å². The van der Waals surface area contributed by atoms with E-state index in [2.05, 4.69) is 5.32 Å². The van der Waals surface area contributed by atoms with Crippen LogP contribution in [0.25, 0.3) is 0 Å². The van der Waals surface area contributed by atoms with E-state index in [1.807, 2.05) is 18.2 Å². The van der Waals surface area contributed by atoms with Gasteiger partial charge in [-0.15, -0.1) is 0 Å². The Kier molecular flexibility index (Phi) is 6.01. The maximum atomic E-state index is 11.3. The van der Waals surface area contributed by atoms with Gasteiger partial charge in [-0.05, 0) is 18.1 Å². The lowest BCUT2D eigenvalue weighted by Gasteiger charge is -2.15. The number of hydrogen-bond acceptors (Lipinski definition) is 5. The highest BCUT2D eigenvalue weighted by Crippen LogP contribution is 2.15. The number of aliphatic hydroxyl groups is 1. The van der Waals surface area contributed by atoms with Crippen molar-refractivity contribution in [2.24, 2.45) is 0 Å². The third-order valence-corrected chi connectivity index (χ3v) is 5.54. The van der Waals surface area contributed by atoms with E-state index < -0.39 is 15.9 Å². The van der Waals surface area contributed by atoms with Crippen LogP contribution in [0.3, 0.4) is 0 Å². The molecule has 1 aromatic rings. The maximum Gasteiger partial charge on any atom is 0.151 e. The second-order valence-electron chi connectivity index (χ2n) is 5.27. The van der Waals surface area contributed by atoms with Crippen LogP contribution in [0.1, 0.15) is 12.0 Å². The lowest BCUT2D eigenvalue weighted by molar-refractivity contribution is 0.0279. The molecule has 2 atom stereocenters. The Morgan fingerprint density at radius 1 is 1.43 bits per heavy atom. The summed E-state index contributed by atoms with van der Waals surface area (Å²) in [6.07, 6.45) is -0.0639. The Balaban J connectivity index is 1.64. The van der Waals surface area contributed by atoms with Crippen molar-refractivity contribution < 1.29 is 18.3 Å². The van der Waals surface area contributed by atoms with Gasteiger partial charge in [-0.25, -0.2) is 8.42 Å². The minimum atomic E-state index is -2.89. The number of benzene rings is 1. The average Bonchev–Trinajstić information content (AvgIpc) is 2.78. The molecule has 2 rings (SSSR count). The Hall–Kier alpha value is -0.660. The molecule has 0 aliphatic carbocycles. The van der Waals surface area contributed by atoms with E-state index in [-0.39, 0.29) is 24.2 Å². The molecule has 1 aromatic carbocycles. The molecule has 21 heavy (non-hydrogen) atoms. The van der Waals surface area contributed by atoms with Gasteiger partial charge in [0.1, 0.15) is 0 Å². The molecule has 0 saturated carbocycles. The highest BCUT2D eigenvalue weighted by molar-refractivity contribution is 7.91. The van der Waals surface area contributed by atoms with Crippen LogP contribution >= 0.6 is 11.6 Å². The summed E-state index contributed by atoms with van der Waals surface area (Å²) >= 11 is 6.00. The topological polar surface area (TPSA) is 75.6 Å². The average molecular weight is 334 g/mol. The van der Waals surface area contributed by atoms with E-state index >= 15 is 0 Å². The second-order valence-corrected chi connectivity index (χ2v) is 7.90. The first-order valence-corrected chi connectivity index (χ1v) is 9.09. The summed E-state index contributed by atoms with van der Waals surface area (Å²) in [6, 6.07) is 7.33. The van der Waals surface area contributed by atoms with Crippen molar-refractivity contribution in [2.45, 2.75) is 25.2 Å². The van der Waals surface area contributed by atoms with Gasteiger partial charge in [0.25, 0.3) is 0 Å². The molecule has 118 valence electrons. The van der Waals surface area contributed by atoms with Crippen molar-refractivity contribution in [1.29, 1.82) is 0 Å². The molecule has 1 aliphatic rings. The number of sulfone groups is 1. The molecule has 0 bridgehead atoms. The second kappa shape index (κ2) is 7.56. The molecule has 0 radical (unpaired) electrons. The number of nitrogens with one attached hydrogen (secondary N) is 1. The number of rotatable bonds is 7. The molecule has 0 spiro atoms. The van der Waals surface area contributed by atoms with Gasteiger partial charge in [-0.1, -0.05) is 29.8 Å². The highest BCUT2D eigenvalue weighted by Gasteiger charge is 2.27. The van der Waals surface area contributed by atoms with E-state index in [0.29, 0.717) is 24.6 Å². The fraction of sp³-hybridized carbons (Fsp3) is 0.571. The molecule has 0 amide bonds. The van der Waals surface area contributed by atoms with Gasteiger partial charge in [0.05, 0.1) is 30.8 Å². The van der Waals surface area contributed by atoms with E-state index in [1.54, 1.807) is 6.07 Å². The lowest BCUT2D eigenvalue weighted by Crippen LogP contribution is -2.38. The van der Waals surface area contributed by atoms with Gasteiger partial charge in [-0.2, -0.15) is 0 Å². The van der Waals surface area contributed by atoms with Crippen LogP contribution in [0, 0.1) is 0 Å². The third-order valence-electron chi connectivity index (χ3n) is 3.40. The summed E-state index contributed by atoms with van der Waals surface area (Å²) in [5.41, 5.74) is 0.876. The number of ether oxygens (including phenoxy) is 1. The minimum absolute atomic E-state index is 0.0618. The van der Waals surface area contributed by atoms with Crippen LogP contribution in [-0.4, -0.2) is 50.3 Å². The largest absolute Gasteiger partial charge is 0.389 e. The molecule has 5 nitrogen and oxygen atoms in total.